The van der Waals surface area contributed by atoms with Gasteiger partial charge in [0.15, 0.2) is 0 Å². The molecule has 0 saturated carbocycles. The van der Waals surface area contributed by atoms with E-state index in [1.807, 2.05) is 19.1 Å². The Morgan fingerprint density at radius 2 is 2.12 bits per heavy atom. The Morgan fingerprint density at radius 1 is 1.23 bits per heavy atom. The number of nitrogens with zero attached hydrogens (tertiary/aromatic N) is 1. The first-order valence-corrected chi connectivity index (χ1v) is 9.68. The molecule has 2 aliphatic rings. The summed E-state index contributed by atoms with van der Waals surface area (Å²) in [4.78, 5) is 2.56. The Hall–Kier alpha value is -2.04. The minimum Gasteiger partial charge on any atom is -0.497 e. The lowest BCUT2D eigenvalue weighted by molar-refractivity contribution is 0.174. The molecule has 4 heteroatoms. The molecule has 2 heterocycles. The molecule has 2 aliphatic heterocycles. The molecule has 4 nitrogen and oxygen atoms in total. The molecule has 2 aromatic carbocycles. The number of hydrogen-bond acceptors (Lipinski definition) is 4. The zero-order chi connectivity index (χ0) is 18.1. The first-order valence-electron chi connectivity index (χ1n) is 9.68. The van der Waals surface area contributed by atoms with Crippen molar-refractivity contribution in [2.75, 3.05) is 31.6 Å². The fourth-order valence-electron chi connectivity index (χ4n) is 4.34. The van der Waals surface area contributed by atoms with E-state index < -0.39 is 6.10 Å². The number of anilines is 1. The normalized spacial score (nSPS) is 20.3. The molecule has 0 radical (unpaired) electrons. The van der Waals surface area contributed by atoms with Gasteiger partial charge in [-0.15, -0.1) is 0 Å². The molecular formula is C22H28N2O2. The smallest absolute Gasteiger partial charge is 0.119 e. The van der Waals surface area contributed by atoms with E-state index in [-0.39, 0.29) is 0 Å². The molecular weight excluding hydrogens is 324 g/mol. The third-order valence-corrected chi connectivity index (χ3v) is 5.78. The Bertz CT molecular complexity index is 790. The lowest BCUT2D eigenvalue weighted by Crippen LogP contribution is -2.32. The fraction of sp³-hybridized carbons (Fsp3) is 0.455. The molecule has 2 aromatic rings. The molecule has 2 unspecified atom stereocenters. The van der Waals surface area contributed by atoms with Gasteiger partial charge in [-0.3, -0.25) is 0 Å². The number of methoxy groups -OCH3 is 1. The standard InChI is InChI=1S/C22H28N2O2/c1-3-22(25)20-14-18(26-2)5-6-19(20)15-4-7-21-16(12-15)13-17-8-9-23-10-11-24(17)21/h4-7,12,14,17,22-23,25H,3,8-11,13H2,1-2H3. The Morgan fingerprint density at radius 3 is 2.92 bits per heavy atom. The number of rotatable bonds is 4. The molecule has 2 N–H and O–H groups in total. The second-order valence-electron chi connectivity index (χ2n) is 7.31. The van der Waals surface area contributed by atoms with E-state index in [1.54, 1.807) is 7.11 Å². The number of benzene rings is 2. The molecule has 0 amide bonds. The van der Waals surface area contributed by atoms with Gasteiger partial charge in [0.2, 0.25) is 0 Å². The van der Waals surface area contributed by atoms with Crippen molar-refractivity contribution in [3.8, 4) is 16.9 Å². The summed E-state index contributed by atoms with van der Waals surface area (Å²) in [6.45, 7) is 5.25. The van der Waals surface area contributed by atoms with Crippen LogP contribution in [0.25, 0.3) is 11.1 Å². The van der Waals surface area contributed by atoms with Gasteiger partial charge in [0.05, 0.1) is 13.2 Å². The maximum Gasteiger partial charge on any atom is 0.119 e. The van der Waals surface area contributed by atoms with Crippen LogP contribution in [0, 0.1) is 0 Å². The first-order chi connectivity index (χ1) is 12.7. The van der Waals surface area contributed by atoms with E-state index >= 15 is 0 Å². The van der Waals surface area contributed by atoms with Crippen molar-refractivity contribution in [2.24, 2.45) is 0 Å². The molecule has 0 spiro atoms. The first kappa shape index (κ1) is 17.4. The second kappa shape index (κ2) is 7.29. The summed E-state index contributed by atoms with van der Waals surface area (Å²) in [5.41, 5.74) is 6.05. The zero-order valence-electron chi connectivity index (χ0n) is 15.7. The predicted octanol–water partition coefficient (Wildman–Crippen LogP) is 3.53. The SMILES string of the molecule is CCC(O)c1cc(OC)ccc1-c1ccc2c(c1)CC1CCNCCN21. The number of aliphatic hydroxyl groups excluding tert-OH is 1. The summed E-state index contributed by atoms with van der Waals surface area (Å²) < 4.78 is 5.37. The van der Waals surface area contributed by atoms with E-state index in [9.17, 15) is 5.11 Å². The van der Waals surface area contributed by atoms with Gasteiger partial charge in [-0.05, 0) is 72.3 Å². The maximum absolute atomic E-state index is 10.5. The molecule has 0 bridgehead atoms. The molecule has 0 aliphatic carbocycles. The number of ether oxygens (including phenoxy) is 1. The highest BCUT2D eigenvalue weighted by atomic mass is 16.5. The van der Waals surface area contributed by atoms with Gasteiger partial charge in [-0.2, -0.15) is 0 Å². The van der Waals surface area contributed by atoms with Crippen molar-refractivity contribution in [3.63, 3.8) is 0 Å². The van der Waals surface area contributed by atoms with Gasteiger partial charge in [-0.25, -0.2) is 0 Å². The van der Waals surface area contributed by atoms with E-state index in [0.29, 0.717) is 12.5 Å². The predicted molar refractivity (Wildman–Crippen MR) is 106 cm³/mol. The number of fused-ring (bicyclic) bond motifs is 3. The minimum absolute atomic E-state index is 0.478. The van der Waals surface area contributed by atoms with Gasteiger partial charge in [0.1, 0.15) is 5.75 Å². The minimum atomic E-state index is -0.478. The summed E-state index contributed by atoms with van der Waals surface area (Å²) in [6, 6.07) is 13.4. The van der Waals surface area contributed by atoms with Crippen molar-refractivity contribution in [1.82, 2.24) is 5.32 Å². The number of nitrogens with one attached hydrogen (secondary N) is 1. The van der Waals surface area contributed by atoms with Crippen LogP contribution in [-0.4, -0.2) is 37.9 Å². The van der Waals surface area contributed by atoms with Crippen molar-refractivity contribution < 1.29 is 9.84 Å². The molecule has 26 heavy (non-hydrogen) atoms. The zero-order valence-corrected chi connectivity index (χ0v) is 15.7. The van der Waals surface area contributed by atoms with Crippen LogP contribution in [0.1, 0.15) is 37.0 Å². The third kappa shape index (κ3) is 3.08. The monoisotopic (exact) mass is 352 g/mol. The molecule has 0 aromatic heterocycles. The molecule has 138 valence electrons. The van der Waals surface area contributed by atoms with Crippen LogP contribution in [0.5, 0.6) is 5.75 Å². The summed E-state index contributed by atoms with van der Waals surface area (Å²) in [6.07, 6.45) is 2.53. The van der Waals surface area contributed by atoms with Crippen molar-refractivity contribution in [2.45, 2.75) is 38.3 Å². The van der Waals surface area contributed by atoms with E-state index in [4.69, 9.17) is 4.74 Å². The van der Waals surface area contributed by atoms with Crippen LogP contribution in [0.2, 0.25) is 0 Å². The number of aliphatic hydroxyl groups is 1. The van der Waals surface area contributed by atoms with Crippen LogP contribution in [-0.2, 0) is 6.42 Å². The molecule has 1 fully saturated rings. The van der Waals surface area contributed by atoms with Crippen molar-refractivity contribution in [1.29, 1.82) is 0 Å². The van der Waals surface area contributed by atoms with E-state index in [2.05, 4.69) is 34.5 Å². The van der Waals surface area contributed by atoms with Crippen LogP contribution < -0.4 is 15.0 Å². The second-order valence-corrected chi connectivity index (χ2v) is 7.31. The lowest BCUT2D eigenvalue weighted by Gasteiger charge is -2.24. The van der Waals surface area contributed by atoms with Crippen LogP contribution in [0.15, 0.2) is 36.4 Å². The van der Waals surface area contributed by atoms with Gasteiger partial charge < -0.3 is 20.1 Å². The van der Waals surface area contributed by atoms with E-state index in [0.717, 1.165) is 42.9 Å². The van der Waals surface area contributed by atoms with Crippen molar-refractivity contribution >= 4 is 5.69 Å². The fourth-order valence-corrected chi connectivity index (χ4v) is 4.34. The van der Waals surface area contributed by atoms with Gasteiger partial charge >= 0.3 is 0 Å². The maximum atomic E-state index is 10.5. The van der Waals surface area contributed by atoms with Gasteiger partial charge in [0, 0.05) is 24.8 Å². The molecule has 2 atom stereocenters. The largest absolute Gasteiger partial charge is 0.497 e. The summed E-state index contributed by atoms with van der Waals surface area (Å²) >= 11 is 0. The Kier molecular flexibility index (Phi) is 4.88. The van der Waals surface area contributed by atoms with E-state index in [1.165, 1.54) is 23.2 Å². The van der Waals surface area contributed by atoms with Crippen molar-refractivity contribution in [3.05, 3.63) is 47.5 Å². The Labute approximate surface area is 155 Å². The quantitative estimate of drug-likeness (QED) is 0.884. The van der Waals surface area contributed by atoms with Gasteiger partial charge in [0.25, 0.3) is 0 Å². The van der Waals surface area contributed by atoms with Crippen LogP contribution >= 0.6 is 0 Å². The van der Waals surface area contributed by atoms with Crippen LogP contribution in [0.3, 0.4) is 0 Å². The average molecular weight is 352 g/mol. The molecule has 4 rings (SSSR count). The topological polar surface area (TPSA) is 44.7 Å². The summed E-state index contributed by atoms with van der Waals surface area (Å²) in [5, 5.41) is 14.0. The van der Waals surface area contributed by atoms with Crippen LogP contribution in [0.4, 0.5) is 5.69 Å². The highest BCUT2D eigenvalue weighted by molar-refractivity contribution is 5.74. The van der Waals surface area contributed by atoms with Gasteiger partial charge in [-0.1, -0.05) is 19.1 Å². The third-order valence-electron chi connectivity index (χ3n) is 5.78. The average Bonchev–Trinajstić information content (AvgIpc) is 2.86. The Balaban J connectivity index is 1.72. The highest BCUT2D eigenvalue weighted by Crippen LogP contribution is 2.39. The summed E-state index contributed by atoms with van der Waals surface area (Å²) in [5.74, 6) is 0.790. The summed E-state index contributed by atoms with van der Waals surface area (Å²) in [7, 11) is 1.67. The number of hydrogen-bond donors (Lipinski definition) is 2. The molecule has 1 saturated heterocycles. The highest BCUT2D eigenvalue weighted by Gasteiger charge is 2.30. The lowest BCUT2D eigenvalue weighted by atomic mass is 9.93.